The lowest BCUT2D eigenvalue weighted by Crippen LogP contribution is -2.17. The summed E-state index contributed by atoms with van der Waals surface area (Å²) in [6.45, 7) is 8.77. The molecule has 1 heterocycles. The Morgan fingerprint density at radius 1 is 1.19 bits per heavy atom. The molecule has 0 spiro atoms. The average Bonchev–Trinajstić information content (AvgIpc) is 2.38. The van der Waals surface area contributed by atoms with E-state index >= 15 is 0 Å². The van der Waals surface area contributed by atoms with Crippen molar-refractivity contribution < 1.29 is 4.74 Å². The summed E-state index contributed by atoms with van der Waals surface area (Å²) in [5.41, 5.74) is 6.62. The highest BCUT2D eigenvalue weighted by Crippen LogP contribution is 2.24. The monoisotopic (exact) mass is 286 g/mol. The van der Waals surface area contributed by atoms with Crippen molar-refractivity contribution in [3.63, 3.8) is 0 Å². The van der Waals surface area contributed by atoms with Crippen LogP contribution in [-0.4, -0.2) is 16.6 Å². The van der Waals surface area contributed by atoms with E-state index in [4.69, 9.17) is 10.5 Å². The molecule has 2 rings (SSSR count). The van der Waals surface area contributed by atoms with Gasteiger partial charge < -0.3 is 15.8 Å². The molecule has 0 unspecified atom stereocenters. The normalized spacial score (nSPS) is 11.2. The van der Waals surface area contributed by atoms with E-state index in [1.807, 2.05) is 31.2 Å². The molecule has 1 aromatic heterocycles. The zero-order chi connectivity index (χ0) is 15.5. The molecule has 0 saturated carbocycles. The standard InChI is InChI=1S/C16H22N4O/c1-5-21-12-8-6-7-11(9-12)18-14-10-13(17)19-15(20-14)16(2,3)4/h6-10H,5H2,1-4H3,(H3,17,18,19,20). The third-order valence-electron chi connectivity index (χ3n) is 2.83. The lowest BCUT2D eigenvalue weighted by molar-refractivity contribution is 0.340. The van der Waals surface area contributed by atoms with Crippen LogP contribution in [-0.2, 0) is 5.41 Å². The predicted molar refractivity (Wildman–Crippen MR) is 86.0 cm³/mol. The highest BCUT2D eigenvalue weighted by Gasteiger charge is 2.18. The highest BCUT2D eigenvalue weighted by atomic mass is 16.5. The molecule has 0 aliphatic heterocycles. The molecular weight excluding hydrogens is 264 g/mol. The molecule has 0 atom stereocenters. The number of nitrogen functional groups attached to an aromatic ring is 1. The SMILES string of the molecule is CCOc1cccc(Nc2cc(N)nc(C(C)(C)C)n2)c1. The summed E-state index contributed by atoms with van der Waals surface area (Å²) >= 11 is 0. The molecule has 0 amide bonds. The van der Waals surface area contributed by atoms with Crippen LogP contribution in [0, 0.1) is 0 Å². The number of rotatable bonds is 4. The van der Waals surface area contributed by atoms with Gasteiger partial charge in [-0.05, 0) is 19.1 Å². The van der Waals surface area contributed by atoms with Gasteiger partial charge >= 0.3 is 0 Å². The maximum Gasteiger partial charge on any atom is 0.138 e. The number of nitrogens with zero attached hydrogens (tertiary/aromatic N) is 2. The first-order valence-electron chi connectivity index (χ1n) is 7.03. The molecule has 0 saturated heterocycles. The van der Waals surface area contributed by atoms with E-state index in [1.165, 1.54) is 0 Å². The van der Waals surface area contributed by atoms with Crippen molar-refractivity contribution in [3.8, 4) is 5.75 Å². The topological polar surface area (TPSA) is 73.1 Å². The van der Waals surface area contributed by atoms with Crippen molar-refractivity contribution in [1.82, 2.24) is 9.97 Å². The van der Waals surface area contributed by atoms with E-state index in [9.17, 15) is 0 Å². The molecule has 0 aliphatic carbocycles. The summed E-state index contributed by atoms with van der Waals surface area (Å²) in [7, 11) is 0. The van der Waals surface area contributed by atoms with E-state index in [0.29, 0.717) is 24.1 Å². The van der Waals surface area contributed by atoms with Crippen LogP contribution in [0.5, 0.6) is 5.75 Å². The summed E-state index contributed by atoms with van der Waals surface area (Å²) in [4.78, 5) is 8.83. The van der Waals surface area contributed by atoms with Crippen molar-refractivity contribution >= 4 is 17.3 Å². The van der Waals surface area contributed by atoms with E-state index in [1.54, 1.807) is 6.07 Å². The first kappa shape index (κ1) is 15.1. The van der Waals surface area contributed by atoms with E-state index in [-0.39, 0.29) is 5.41 Å². The fraction of sp³-hybridized carbons (Fsp3) is 0.375. The van der Waals surface area contributed by atoms with Crippen molar-refractivity contribution in [1.29, 1.82) is 0 Å². The fourth-order valence-electron chi connectivity index (χ4n) is 1.84. The van der Waals surface area contributed by atoms with Gasteiger partial charge in [0.15, 0.2) is 0 Å². The Bertz CT molecular complexity index is 620. The predicted octanol–water partition coefficient (Wildman–Crippen LogP) is 3.50. The molecule has 112 valence electrons. The Kier molecular flexibility index (Phi) is 4.31. The number of hydrogen-bond acceptors (Lipinski definition) is 5. The molecule has 0 bridgehead atoms. The minimum absolute atomic E-state index is 0.154. The maximum absolute atomic E-state index is 5.87. The fourth-order valence-corrected chi connectivity index (χ4v) is 1.84. The van der Waals surface area contributed by atoms with Gasteiger partial charge in [-0.3, -0.25) is 0 Å². The zero-order valence-corrected chi connectivity index (χ0v) is 13.0. The van der Waals surface area contributed by atoms with Crippen LogP contribution in [0.25, 0.3) is 0 Å². The third-order valence-corrected chi connectivity index (χ3v) is 2.83. The molecule has 1 aromatic carbocycles. The Labute approximate surface area is 125 Å². The third kappa shape index (κ3) is 4.08. The summed E-state index contributed by atoms with van der Waals surface area (Å²) < 4.78 is 5.49. The first-order chi connectivity index (χ1) is 9.88. The second kappa shape index (κ2) is 5.99. The van der Waals surface area contributed by atoms with Crippen LogP contribution in [0.1, 0.15) is 33.5 Å². The average molecular weight is 286 g/mol. The molecular formula is C16H22N4O. The molecule has 0 aliphatic rings. The van der Waals surface area contributed by atoms with Crippen LogP contribution in [0.4, 0.5) is 17.3 Å². The van der Waals surface area contributed by atoms with Crippen molar-refractivity contribution in [3.05, 3.63) is 36.2 Å². The van der Waals surface area contributed by atoms with Crippen molar-refractivity contribution in [2.45, 2.75) is 33.1 Å². The Morgan fingerprint density at radius 2 is 1.95 bits per heavy atom. The van der Waals surface area contributed by atoms with E-state index in [0.717, 1.165) is 11.4 Å². The molecule has 0 radical (unpaired) electrons. The van der Waals surface area contributed by atoms with E-state index in [2.05, 4.69) is 36.1 Å². The summed E-state index contributed by atoms with van der Waals surface area (Å²) in [5.74, 6) is 2.67. The smallest absolute Gasteiger partial charge is 0.138 e. The van der Waals surface area contributed by atoms with Gasteiger partial charge in [0.2, 0.25) is 0 Å². The summed E-state index contributed by atoms with van der Waals surface area (Å²) in [5, 5.41) is 3.24. The molecule has 0 fully saturated rings. The van der Waals surface area contributed by atoms with Gasteiger partial charge in [0.25, 0.3) is 0 Å². The van der Waals surface area contributed by atoms with Crippen molar-refractivity contribution in [2.75, 3.05) is 17.7 Å². The number of anilines is 3. The Hall–Kier alpha value is -2.30. The number of nitrogens with two attached hydrogens (primary N) is 1. The van der Waals surface area contributed by atoms with Crippen LogP contribution >= 0.6 is 0 Å². The van der Waals surface area contributed by atoms with Gasteiger partial charge in [-0.15, -0.1) is 0 Å². The minimum atomic E-state index is -0.154. The molecule has 21 heavy (non-hydrogen) atoms. The largest absolute Gasteiger partial charge is 0.494 e. The second-order valence-corrected chi connectivity index (χ2v) is 5.84. The van der Waals surface area contributed by atoms with Gasteiger partial charge in [-0.1, -0.05) is 26.8 Å². The lowest BCUT2D eigenvalue weighted by Gasteiger charge is -2.18. The second-order valence-electron chi connectivity index (χ2n) is 5.84. The number of ether oxygens (including phenoxy) is 1. The zero-order valence-electron chi connectivity index (χ0n) is 13.0. The highest BCUT2D eigenvalue weighted by molar-refractivity contribution is 5.60. The number of benzene rings is 1. The summed E-state index contributed by atoms with van der Waals surface area (Å²) in [6.07, 6.45) is 0. The molecule has 3 N–H and O–H groups in total. The van der Waals surface area contributed by atoms with Gasteiger partial charge in [0.05, 0.1) is 6.61 Å². The quantitative estimate of drug-likeness (QED) is 0.900. The Morgan fingerprint density at radius 3 is 2.62 bits per heavy atom. The van der Waals surface area contributed by atoms with E-state index < -0.39 is 0 Å². The van der Waals surface area contributed by atoms with Gasteiger partial charge in [-0.25, -0.2) is 9.97 Å². The van der Waals surface area contributed by atoms with Gasteiger partial charge in [0.1, 0.15) is 23.2 Å². The minimum Gasteiger partial charge on any atom is -0.494 e. The number of nitrogens with one attached hydrogen (secondary N) is 1. The van der Waals surface area contributed by atoms with Gasteiger partial charge in [0, 0.05) is 23.2 Å². The molecule has 5 heteroatoms. The number of hydrogen-bond donors (Lipinski definition) is 2. The molecule has 5 nitrogen and oxygen atoms in total. The van der Waals surface area contributed by atoms with Crippen LogP contribution in [0.15, 0.2) is 30.3 Å². The summed E-state index contributed by atoms with van der Waals surface area (Å²) in [6, 6.07) is 9.46. The first-order valence-corrected chi connectivity index (χ1v) is 7.03. The van der Waals surface area contributed by atoms with Gasteiger partial charge in [-0.2, -0.15) is 0 Å². The van der Waals surface area contributed by atoms with Crippen LogP contribution in [0.3, 0.4) is 0 Å². The number of aromatic nitrogens is 2. The van der Waals surface area contributed by atoms with Crippen molar-refractivity contribution in [2.24, 2.45) is 0 Å². The Balaban J connectivity index is 2.27. The lowest BCUT2D eigenvalue weighted by atomic mass is 9.96. The molecule has 2 aromatic rings. The van der Waals surface area contributed by atoms with Crippen LogP contribution < -0.4 is 15.8 Å². The van der Waals surface area contributed by atoms with Crippen LogP contribution in [0.2, 0.25) is 0 Å². The maximum atomic E-state index is 5.87.